The van der Waals surface area contributed by atoms with Crippen molar-refractivity contribution in [2.24, 2.45) is 0 Å². The molecule has 0 unspecified atom stereocenters. The lowest BCUT2D eigenvalue weighted by molar-refractivity contribution is -0.127. The first-order valence-electron chi connectivity index (χ1n) is 7.80. The SMILES string of the molecule is Cc1ccc(OC2CCN(C(=O)/C=C/c3ccco3)CC2)cn1. The minimum atomic E-state index is 0.0110. The first kappa shape index (κ1) is 15.3. The number of amides is 1. The molecule has 0 radical (unpaired) electrons. The Bertz CT molecular complexity index is 654. The van der Waals surface area contributed by atoms with Crippen LogP contribution in [0.2, 0.25) is 0 Å². The maximum Gasteiger partial charge on any atom is 0.246 e. The summed E-state index contributed by atoms with van der Waals surface area (Å²) in [6.45, 7) is 3.35. The number of rotatable bonds is 4. The Morgan fingerprint density at radius 3 is 2.83 bits per heavy atom. The van der Waals surface area contributed by atoms with Gasteiger partial charge in [-0.3, -0.25) is 9.78 Å². The molecule has 120 valence electrons. The molecule has 0 spiro atoms. The molecule has 0 atom stereocenters. The molecule has 0 aliphatic carbocycles. The number of carbonyl (C=O) groups excluding carboxylic acids is 1. The number of aromatic nitrogens is 1. The van der Waals surface area contributed by atoms with E-state index < -0.39 is 0 Å². The molecule has 0 N–H and O–H groups in total. The third-order valence-electron chi connectivity index (χ3n) is 3.87. The summed E-state index contributed by atoms with van der Waals surface area (Å²) in [7, 11) is 0. The molecule has 0 bridgehead atoms. The van der Waals surface area contributed by atoms with Crippen molar-refractivity contribution in [3.63, 3.8) is 0 Å². The molecule has 0 aromatic carbocycles. The van der Waals surface area contributed by atoms with Crippen LogP contribution in [0.3, 0.4) is 0 Å². The zero-order chi connectivity index (χ0) is 16.1. The number of hydrogen-bond acceptors (Lipinski definition) is 4. The van der Waals surface area contributed by atoms with Gasteiger partial charge in [-0.15, -0.1) is 0 Å². The fourth-order valence-electron chi connectivity index (χ4n) is 2.56. The predicted octanol–water partition coefficient (Wildman–Crippen LogP) is 3.07. The van der Waals surface area contributed by atoms with E-state index in [2.05, 4.69) is 4.98 Å². The number of aryl methyl sites for hydroxylation is 1. The van der Waals surface area contributed by atoms with Crippen LogP contribution in [-0.4, -0.2) is 35.0 Å². The van der Waals surface area contributed by atoms with Crippen LogP contribution in [0.1, 0.15) is 24.3 Å². The maximum atomic E-state index is 12.1. The molecule has 0 saturated carbocycles. The molecule has 1 fully saturated rings. The van der Waals surface area contributed by atoms with Crippen molar-refractivity contribution in [2.45, 2.75) is 25.9 Å². The van der Waals surface area contributed by atoms with Crippen LogP contribution in [-0.2, 0) is 4.79 Å². The first-order chi connectivity index (χ1) is 11.2. The second kappa shape index (κ2) is 7.13. The van der Waals surface area contributed by atoms with E-state index >= 15 is 0 Å². The third kappa shape index (κ3) is 4.22. The summed E-state index contributed by atoms with van der Waals surface area (Å²) in [5.41, 5.74) is 0.973. The molecular weight excluding hydrogens is 292 g/mol. The Morgan fingerprint density at radius 1 is 1.35 bits per heavy atom. The maximum absolute atomic E-state index is 12.1. The molecule has 2 aromatic rings. The monoisotopic (exact) mass is 312 g/mol. The summed E-state index contributed by atoms with van der Waals surface area (Å²) in [6.07, 6.45) is 8.39. The smallest absolute Gasteiger partial charge is 0.246 e. The third-order valence-corrected chi connectivity index (χ3v) is 3.87. The van der Waals surface area contributed by atoms with Crippen molar-refractivity contribution in [3.8, 4) is 5.75 Å². The van der Waals surface area contributed by atoms with Crippen LogP contribution in [0.4, 0.5) is 0 Å². The van der Waals surface area contributed by atoms with Crippen molar-refractivity contribution < 1.29 is 13.9 Å². The fraction of sp³-hybridized carbons (Fsp3) is 0.333. The number of furan rings is 1. The second-order valence-corrected chi connectivity index (χ2v) is 5.63. The minimum absolute atomic E-state index is 0.0110. The van der Waals surface area contributed by atoms with Gasteiger partial charge in [0.05, 0.1) is 12.5 Å². The van der Waals surface area contributed by atoms with E-state index in [0.29, 0.717) is 18.8 Å². The lowest BCUT2D eigenvalue weighted by Crippen LogP contribution is -2.41. The minimum Gasteiger partial charge on any atom is -0.489 e. The van der Waals surface area contributed by atoms with Crippen molar-refractivity contribution in [2.75, 3.05) is 13.1 Å². The van der Waals surface area contributed by atoms with Crippen molar-refractivity contribution in [1.29, 1.82) is 0 Å². The summed E-state index contributed by atoms with van der Waals surface area (Å²) in [5.74, 6) is 1.48. The van der Waals surface area contributed by atoms with E-state index in [9.17, 15) is 4.79 Å². The lowest BCUT2D eigenvalue weighted by atomic mass is 10.1. The standard InChI is InChI=1S/C18H20N2O3/c1-14-4-5-17(13-19-14)23-16-8-10-20(11-9-16)18(21)7-6-15-3-2-12-22-15/h2-7,12-13,16H,8-11H2,1H3/b7-6+. The molecule has 1 saturated heterocycles. The Balaban J connectivity index is 1.48. The van der Waals surface area contributed by atoms with Gasteiger partial charge in [-0.1, -0.05) is 0 Å². The number of ether oxygens (including phenoxy) is 1. The highest BCUT2D eigenvalue weighted by molar-refractivity contribution is 5.91. The number of pyridine rings is 1. The molecule has 5 heteroatoms. The van der Waals surface area contributed by atoms with E-state index in [0.717, 1.165) is 24.3 Å². The van der Waals surface area contributed by atoms with Gasteiger partial charge in [-0.05, 0) is 37.3 Å². The molecule has 1 aliphatic rings. The van der Waals surface area contributed by atoms with Crippen LogP contribution in [0.25, 0.3) is 6.08 Å². The zero-order valence-corrected chi connectivity index (χ0v) is 13.1. The lowest BCUT2D eigenvalue weighted by Gasteiger charge is -2.31. The van der Waals surface area contributed by atoms with Gasteiger partial charge in [0, 0.05) is 37.7 Å². The highest BCUT2D eigenvalue weighted by Crippen LogP contribution is 2.19. The number of hydrogen-bond donors (Lipinski definition) is 0. The Morgan fingerprint density at radius 2 is 2.17 bits per heavy atom. The normalized spacial score (nSPS) is 16.0. The van der Waals surface area contributed by atoms with Gasteiger partial charge in [-0.2, -0.15) is 0 Å². The van der Waals surface area contributed by atoms with Crippen molar-refractivity contribution in [3.05, 3.63) is 54.3 Å². The van der Waals surface area contributed by atoms with E-state index in [1.165, 1.54) is 0 Å². The molecular formula is C18H20N2O3. The Hall–Kier alpha value is -2.56. The van der Waals surface area contributed by atoms with Crippen LogP contribution in [0.5, 0.6) is 5.75 Å². The average molecular weight is 312 g/mol. The zero-order valence-electron chi connectivity index (χ0n) is 13.1. The van der Waals surface area contributed by atoms with E-state index in [1.54, 1.807) is 30.7 Å². The van der Waals surface area contributed by atoms with Crippen LogP contribution in [0, 0.1) is 6.92 Å². The molecule has 3 rings (SSSR count). The molecule has 2 aromatic heterocycles. The Kier molecular flexibility index (Phi) is 4.76. The Labute approximate surface area is 135 Å². The highest BCUT2D eigenvalue weighted by Gasteiger charge is 2.22. The van der Waals surface area contributed by atoms with Gasteiger partial charge < -0.3 is 14.1 Å². The summed E-state index contributed by atoms with van der Waals surface area (Å²) in [6, 6.07) is 7.49. The topological polar surface area (TPSA) is 55.6 Å². The number of nitrogens with zero attached hydrogens (tertiary/aromatic N) is 2. The number of likely N-dealkylation sites (tertiary alicyclic amines) is 1. The van der Waals surface area contributed by atoms with Crippen LogP contribution in [0.15, 0.2) is 47.2 Å². The van der Waals surface area contributed by atoms with Gasteiger partial charge in [0.15, 0.2) is 0 Å². The average Bonchev–Trinajstić information content (AvgIpc) is 3.09. The van der Waals surface area contributed by atoms with Crippen molar-refractivity contribution >= 4 is 12.0 Å². The van der Waals surface area contributed by atoms with Crippen molar-refractivity contribution in [1.82, 2.24) is 9.88 Å². The van der Waals surface area contributed by atoms with Gasteiger partial charge in [0.2, 0.25) is 5.91 Å². The van der Waals surface area contributed by atoms with E-state index in [1.807, 2.05) is 30.0 Å². The highest BCUT2D eigenvalue weighted by atomic mass is 16.5. The van der Waals surface area contributed by atoms with Gasteiger partial charge >= 0.3 is 0 Å². The number of carbonyl (C=O) groups is 1. The first-order valence-corrected chi connectivity index (χ1v) is 7.80. The van der Waals surface area contributed by atoms with E-state index in [-0.39, 0.29) is 12.0 Å². The van der Waals surface area contributed by atoms with Gasteiger partial charge in [-0.25, -0.2) is 0 Å². The largest absolute Gasteiger partial charge is 0.489 e. The summed E-state index contributed by atoms with van der Waals surface area (Å²) in [5, 5.41) is 0. The molecule has 1 amide bonds. The summed E-state index contributed by atoms with van der Waals surface area (Å²) < 4.78 is 11.1. The van der Waals surface area contributed by atoms with Crippen LogP contribution >= 0.6 is 0 Å². The van der Waals surface area contributed by atoms with Crippen LogP contribution < -0.4 is 4.74 Å². The second-order valence-electron chi connectivity index (χ2n) is 5.63. The summed E-state index contributed by atoms with van der Waals surface area (Å²) >= 11 is 0. The van der Waals surface area contributed by atoms with E-state index in [4.69, 9.17) is 9.15 Å². The van der Waals surface area contributed by atoms with Gasteiger partial charge in [0.1, 0.15) is 17.6 Å². The molecule has 23 heavy (non-hydrogen) atoms. The predicted molar refractivity (Wildman–Crippen MR) is 86.9 cm³/mol. The van der Waals surface area contributed by atoms with Gasteiger partial charge in [0.25, 0.3) is 0 Å². The quantitative estimate of drug-likeness (QED) is 0.814. The fourth-order valence-corrected chi connectivity index (χ4v) is 2.56. The molecule has 3 heterocycles. The summed E-state index contributed by atoms with van der Waals surface area (Å²) in [4.78, 5) is 18.2. The molecule has 5 nitrogen and oxygen atoms in total. The number of piperidine rings is 1. The molecule has 1 aliphatic heterocycles.